The molecular weight excluding hydrogens is 256 g/mol. The number of rotatable bonds is 4. The van der Waals surface area contributed by atoms with Crippen molar-refractivity contribution in [1.82, 2.24) is 10.2 Å². The van der Waals surface area contributed by atoms with Crippen LogP contribution >= 0.6 is 11.3 Å². The topological polar surface area (TPSA) is 53.6 Å². The van der Waals surface area contributed by atoms with Gasteiger partial charge in [0, 0.05) is 18.5 Å². The van der Waals surface area contributed by atoms with E-state index in [1.165, 1.54) is 30.8 Å². The largest absolute Gasteiger partial charge is 0.370 e. The molecule has 106 valence electrons. The third kappa shape index (κ3) is 3.94. The summed E-state index contributed by atoms with van der Waals surface area (Å²) in [6.07, 6.45) is 2.58. The Bertz CT molecular complexity index is 394. The van der Waals surface area contributed by atoms with Crippen LogP contribution in [-0.4, -0.2) is 37.5 Å². The lowest BCUT2D eigenvalue weighted by Gasteiger charge is -2.36. The maximum atomic E-state index is 5.75. The van der Waals surface area contributed by atoms with E-state index in [4.69, 9.17) is 5.73 Å². The second kappa shape index (κ2) is 6.91. The van der Waals surface area contributed by atoms with Gasteiger partial charge in [0.2, 0.25) is 0 Å². The van der Waals surface area contributed by atoms with Crippen molar-refractivity contribution in [1.29, 1.82) is 0 Å². The Morgan fingerprint density at radius 2 is 2.32 bits per heavy atom. The second-order valence-electron chi connectivity index (χ2n) is 5.24. The summed E-state index contributed by atoms with van der Waals surface area (Å²) in [5.74, 6) is 1.38. The molecule has 2 heterocycles. The summed E-state index contributed by atoms with van der Waals surface area (Å²) in [5.41, 5.74) is 5.75. The fourth-order valence-electron chi connectivity index (χ4n) is 2.51. The van der Waals surface area contributed by atoms with Crippen LogP contribution in [0.25, 0.3) is 0 Å². The van der Waals surface area contributed by atoms with Crippen LogP contribution in [0.15, 0.2) is 22.5 Å². The summed E-state index contributed by atoms with van der Waals surface area (Å²) in [7, 11) is 1.71. The summed E-state index contributed by atoms with van der Waals surface area (Å²) >= 11 is 1.82. The Morgan fingerprint density at radius 3 is 2.89 bits per heavy atom. The predicted molar refractivity (Wildman–Crippen MR) is 82.6 cm³/mol. The van der Waals surface area contributed by atoms with E-state index in [2.05, 4.69) is 39.6 Å². The number of thiophene rings is 1. The molecule has 1 atom stereocenters. The average Bonchev–Trinajstić information content (AvgIpc) is 2.94. The Balaban J connectivity index is 2.02. The molecular formula is C14H24N4S. The first-order valence-electron chi connectivity index (χ1n) is 6.94. The third-order valence-corrected chi connectivity index (χ3v) is 4.82. The lowest BCUT2D eigenvalue weighted by Crippen LogP contribution is -2.43. The van der Waals surface area contributed by atoms with Gasteiger partial charge in [0.1, 0.15) is 0 Å². The first kappa shape index (κ1) is 14.3. The third-order valence-electron chi connectivity index (χ3n) is 3.85. The van der Waals surface area contributed by atoms with Crippen molar-refractivity contribution in [2.24, 2.45) is 16.6 Å². The van der Waals surface area contributed by atoms with Gasteiger partial charge in [-0.2, -0.15) is 0 Å². The number of nitrogens with two attached hydrogens (primary N) is 1. The molecule has 5 heteroatoms. The van der Waals surface area contributed by atoms with Gasteiger partial charge in [0.25, 0.3) is 0 Å². The van der Waals surface area contributed by atoms with Crippen molar-refractivity contribution in [2.75, 3.05) is 26.7 Å². The molecule has 0 aromatic carbocycles. The number of guanidine groups is 1. The molecule has 1 aliphatic heterocycles. The van der Waals surface area contributed by atoms with Gasteiger partial charge in [-0.05, 0) is 43.3 Å². The quantitative estimate of drug-likeness (QED) is 0.655. The Labute approximate surface area is 119 Å². The summed E-state index contributed by atoms with van der Waals surface area (Å²) < 4.78 is 0. The van der Waals surface area contributed by atoms with E-state index in [9.17, 15) is 0 Å². The first-order valence-corrected chi connectivity index (χ1v) is 7.82. The molecule has 0 amide bonds. The normalized spacial score (nSPS) is 20.4. The Kier molecular flexibility index (Phi) is 5.22. The van der Waals surface area contributed by atoms with Gasteiger partial charge in [-0.25, -0.2) is 0 Å². The maximum Gasteiger partial charge on any atom is 0.188 e. The molecule has 1 fully saturated rings. The predicted octanol–water partition coefficient (Wildman–Crippen LogP) is 2.06. The van der Waals surface area contributed by atoms with Gasteiger partial charge in [-0.15, -0.1) is 11.3 Å². The van der Waals surface area contributed by atoms with E-state index < -0.39 is 0 Å². The molecule has 0 saturated carbocycles. The first-order chi connectivity index (χ1) is 9.20. The van der Waals surface area contributed by atoms with Crippen molar-refractivity contribution >= 4 is 17.3 Å². The summed E-state index contributed by atoms with van der Waals surface area (Å²) in [6, 6.07) is 4.75. The molecule has 1 aromatic heterocycles. The van der Waals surface area contributed by atoms with Crippen LogP contribution in [0.2, 0.25) is 0 Å². The van der Waals surface area contributed by atoms with Crippen LogP contribution in [0.3, 0.4) is 0 Å². The number of hydrogen-bond donors (Lipinski definition) is 2. The summed E-state index contributed by atoms with van der Waals surface area (Å²) in [4.78, 5) is 7.95. The van der Waals surface area contributed by atoms with Gasteiger partial charge in [-0.1, -0.05) is 13.0 Å². The molecule has 0 radical (unpaired) electrons. The lowest BCUT2D eigenvalue weighted by atomic mass is 9.97. The summed E-state index contributed by atoms with van der Waals surface area (Å²) in [5, 5.41) is 5.37. The van der Waals surface area contributed by atoms with Gasteiger partial charge in [0.05, 0.1) is 6.04 Å². The minimum Gasteiger partial charge on any atom is -0.370 e. The summed E-state index contributed by atoms with van der Waals surface area (Å²) in [6.45, 7) is 5.53. The number of aliphatic imine (C=N–C) groups is 1. The van der Waals surface area contributed by atoms with Crippen molar-refractivity contribution in [2.45, 2.75) is 25.8 Å². The van der Waals surface area contributed by atoms with Crippen LogP contribution in [0.4, 0.5) is 0 Å². The zero-order valence-corrected chi connectivity index (χ0v) is 12.6. The fourth-order valence-corrected chi connectivity index (χ4v) is 3.37. The van der Waals surface area contributed by atoms with Crippen LogP contribution in [0.1, 0.15) is 30.7 Å². The van der Waals surface area contributed by atoms with E-state index in [1.54, 1.807) is 7.05 Å². The van der Waals surface area contributed by atoms with E-state index >= 15 is 0 Å². The number of likely N-dealkylation sites (tertiary alicyclic amines) is 1. The molecule has 0 spiro atoms. The van der Waals surface area contributed by atoms with E-state index in [-0.39, 0.29) is 0 Å². The standard InChI is InChI=1S/C14H24N4S/c1-11-5-7-18(8-6-11)12(10-17-14(15)16-2)13-4-3-9-19-13/h3-4,9,11-12H,5-8,10H2,1-2H3,(H3,15,16,17)/t12-/m1/s1. The van der Waals surface area contributed by atoms with Crippen molar-refractivity contribution < 1.29 is 0 Å². The molecule has 19 heavy (non-hydrogen) atoms. The lowest BCUT2D eigenvalue weighted by molar-refractivity contribution is 0.140. The fraction of sp³-hybridized carbons (Fsp3) is 0.643. The van der Waals surface area contributed by atoms with E-state index in [1.807, 2.05) is 11.3 Å². The molecule has 1 aromatic rings. The van der Waals surface area contributed by atoms with Crippen molar-refractivity contribution in [3.05, 3.63) is 22.4 Å². The minimum atomic E-state index is 0.410. The second-order valence-corrected chi connectivity index (χ2v) is 6.22. The van der Waals surface area contributed by atoms with Gasteiger partial charge < -0.3 is 11.1 Å². The molecule has 0 unspecified atom stereocenters. The average molecular weight is 280 g/mol. The van der Waals surface area contributed by atoms with E-state index in [0.29, 0.717) is 12.0 Å². The zero-order valence-electron chi connectivity index (χ0n) is 11.8. The monoisotopic (exact) mass is 280 g/mol. The highest BCUT2D eigenvalue weighted by molar-refractivity contribution is 7.10. The Hall–Kier alpha value is -1.07. The smallest absolute Gasteiger partial charge is 0.188 e. The van der Waals surface area contributed by atoms with Gasteiger partial charge in [-0.3, -0.25) is 9.89 Å². The Morgan fingerprint density at radius 1 is 1.58 bits per heavy atom. The highest BCUT2D eigenvalue weighted by atomic mass is 32.1. The van der Waals surface area contributed by atoms with Gasteiger partial charge >= 0.3 is 0 Å². The number of nitrogens with zero attached hydrogens (tertiary/aromatic N) is 2. The number of piperidine rings is 1. The SMILES string of the molecule is CN=C(N)NC[C@H](c1cccs1)N1CCC(C)CC1. The molecule has 4 nitrogen and oxygen atoms in total. The minimum absolute atomic E-state index is 0.410. The molecule has 0 bridgehead atoms. The highest BCUT2D eigenvalue weighted by Crippen LogP contribution is 2.28. The van der Waals surface area contributed by atoms with Crippen molar-refractivity contribution in [3.8, 4) is 0 Å². The van der Waals surface area contributed by atoms with Crippen LogP contribution < -0.4 is 11.1 Å². The molecule has 0 aliphatic carbocycles. The van der Waals surface area contributed by atoms with E-state index in [0.717, 1.165) is 12.5 Å². The highest BCUT2D eigenvalue weighted by Gasteiger charge is 2.25. The van der Waals surface area contributed by atoms with Crippen LogP contribution in [0, 0.1) is 5.92 Å². The molecule has 2 rings (SSSR count). The maximum absolute atomic E-state index is 5.75. The van der Waals surface area contributed by atoms with Crippen LogP contribution in [0.5, 0.6) is 0 Å². The molecule has 1 aliphatic rings. The number of hydrogen-bond acceptors (Lipinski definition) is 3. The zero-order chi connectivity index (χ0) is 13.7. The molecule has 3 N–H and O–H groups in total. The number of nitrogens with one attached hydrogen (secondary N) is 1. The van der Waals surface area contributed by atoms with Crippen molar-refractivity contribution in [3.63, 3.8) is 0 Å². The van der Waals surface area contributed by atoms with Gasteiger partial charge in [0.15, 0.2) is 5.96 Å². The van der Waals surface area contributed by atoms with Crippen LogP contribution in [-0.2, 0) is 0 Å². The molecule has 1 saturated heterocycles.